The maximum absolute atomic E-state index is 9.47. The molecule has 0 spiro atoms. The van der Waals surface area contributed by atoms with E-state index >= 15 is 0 Å². The molecule has 2 aromatic rings. The molecule has 2 heterocycles. The number of rotatable bonds is 4. The highest BCUT2D eigenvalue weighted by atomic mass is 32.2. The molecule has 0 radical (unpaired) electrons. The van der Waals surface area contributed by atoms with Crippen LogP contribution in [0.2, 0.25) is 0 Å². The molecular weight excluding hydrogens is 304 g/mol. The first kappa shape index (κ1) is 15.6. The van der Waals surface area contributed by atoms with Crippen molar-refractivity contribution in [2.45, 2.75) is 37.8 Å². The minimum absolute atomic E-state index is 0.195. The van der Waals surface area contributed by atoms with Gasteiger partial charge in [0, 0.05) is 41.4 Å². The van der Waals surface area contributed by atoms with Gasteiger partial charge in [-0.15, -0.1) is 0 Å². The molecule has 3 unspecified atom stereocenters. The Morgan fingerprint density at radius 2 is 2.30 bits per heavy atom. The maximum atomic E-state index is 9.47. The quantitative estimate of drug-likeness (QED) is 0.904. The SMILES string of the molecule is CC(O)CSCC1CC2c3cccc4[nH]cc(c34)C[C@H]2N(C)C1. The number of H-pyrrole nitrogens is 1. The van der Waals surface area contributed by atoms with Gasteiger partial charge in [0.25, 0.3) is 0 Å². The van der Waals surface area contributed by atoms with Crippen molar-refractivity contribution >= 4 is 22.7 Å². The van der Waals surface area contributed by atoms with Gasteiger partial charge in [-0.1, -0.05) is 12.1 Å². The molecule has 4 rings (SSSR count). The van der Waals surface area contributed by atoms with Crippen LogP contribution in [0, 0.1) is 5.92 Å². The molecule has 23 heavy (non-hydrogen) atoms. The molecule has 1 aliphatic carbocycles. The number of aliphatic hydroxyl groups is 1. The van der Waals surface area contributed by atoms with E-state index in [0.717, 1.165) is 17.4 Å². The number of hydrogen-bond donors (Lipinski definition) is 2. The third kappa shape index (κ3) is 2.81. The Morgan fingerprint density at radius 3 is 3.13 bits per heavy atom. The fourth-order valence-corrected chi connectivity index (χ4v) is 5.63. The summed E-state index contributed by atoms with van der Waals surface area (Å²) in [6, 6.07) is 7.38. The van der Waals surface area contributed by atoms with Crippen LogP contribution in [-0.4, -0.2) is 52.2 Å². The lowest BCUT2D eigenvalue weighted by Crippen LogP contribution is -2.48. The van der Waals surface area contributed by atoms with Crippen LogP contribution in [0.5, 0.6) is 0 Å². The van der Waals surface area contributed by atoms with Gasteiger partial charge in [-0.3, -0.25) is 0 Å². The largest absolute Gasteiger partial charge is 0.393 e. The highest BCUT2D eigenvalue weighted by Crippen LogP contribution is 2.44. The highest BCUT2D eigenvalue weighted by molar-refractivity contribution is 7.99. The number of thioether (sulfide) groups is 1. The molecule has 4 atom stereocenters. The van der Waals surface area contributed by atoms with Gasteiger partial charge >= 0.3 is 0 Å². The normalized spacial score (nSPS) is 28.7. The molecule has 3 nitrogen and oxygen atoms in total. The molecule has 1 fully saturated rings. The van der Waals surface area contributed by atoms with E-state index in [2.05, 4.69) is 41.3 Å². The van der Waals surface area contributed by atoms with Crippen LogP contribution in [0.15, 0.2) is 24.4 Å². The Morgan fingerprint density at radius 1 is 1.43 bits per heavy atom. The molecule has 1 aliphatic heterocycles. The summed E-state index contributed by atoms with van der Waals surface area (Å²) in [4.78, 5) is 6.03. The number of likely N-dealkylation sites (tertiary alicyclic amines) is 1. The van der Waals surface area contributed by atoms with Crippen LogP contribution >= 0.6 is 11.8 Å². The van der Waals surface area contributed by atoms with Crippen molar-refractivity contribution in [1.29, 1.82) is 0 Å². The van der Waals surface area contributed by atoms with E-state index in [1.807, 2.05) is 18.7 Å². The van der Waals surface area contributed by atoms with Gasteiger partial charge in [-0.25, -0.2) is 0 Å². The summed E-state index contributed by atoms with van der Waals surface area (Å²) in [5, 5.41) is 11.0. The summed E-state index contributed by atoms with van der Waals surface area (Å²) in [6.07, 6.45) is 4.47. The van der Waals surface area contributed by atoms with Crippen LogP contribution in [0.4, 0.5) is 0 Å². The number of fused-ring (bicyclic) bond motifs is 2. The van der Waals surface area contributed by atoms with E-state index < -0.39 is 0 Å². The van der Waals surface area contributed by atoms with Crippen molar-refractivity contribution in [3.63, 3.8) is 0 Å². The molecule has 124 valence electrons. The molecule has 4 heteroatoms. The zero-order valence-electron chi connectivity index (χ0n) is 14.0. The fourth-order valence-electron chi connectivity index (χ4n) is 4.58. The number of benzene rings is 1. The summed E-state index contributed by atoms with van der Waals surface area (Å²) in [5.74, 6) is 3.39. The van der Waals surface area contributed by atoms with Crippen molar-refractivity contribution in [1.82, 2.24) is 9.88 Å². The van der Waals surface area contributed by atoms with Crippen molar-refractivity contribution in [3.8, 4) is 0 Å². The molecule has 1 aromatic heterocycles. The van der Waals surface area contributed by atoms with Gasteiger partial charge in [-0.2, -0.15) is 11.8 Å². The molecule has 0 saturated carbocycles. The number of aromatic amines is 1. The van der Waals surface area contributed by atoms with E-state index in [9.17, 15) is 5.11 Å². The lowest BCUT2D eigenvalue weighted by atomic mass is 9.73. The lowest BCUT2D eigenvalue weighted by molar-refractivity contribution is 0.121. The zero-order valence-corrected chi connectivity index (χ0v) is 14.8. The maximum Gasteiger partial charge on any atom is 0.0602 e. The molecular formula is C19H26N2OS. The molecule has 1 aromatic carbocycles. The average Bonchev–Trinajstić information content (AvgIpc) is 2.93. The first-order chi connectivity index (χ1) is 11.1. The summed E-state index contributed by atoms with van der Waals surface area (Å²) < 4.78 is 0. The fraction of sp³-hybridized carbons (Fsp3) is 0.579. The number of aromatic nitrogens is 1. The van der Waals surface area contributed by atoms with E-state index in [4.69, 9.17) is 0 Å². The smallest absolute Gasteiger partial charge is 0.0602 e. The van der Waals surface area contributed by atoms with E-state index in [-0.39, 0.29) is 6.10 Å². The van der Waals surface area contributed by atoms with Crippen LogP contribution in [0.25, 0.3) is 10.9 Å². The van der Waals surface area contributed by atoms with Crippen molar-refractivity contribution in [2.75, 3.05) is 25.1 Å². The molecule has 0 bridgehead atoms. The second-order valence-corrected chi connectivity index (χ2v) is 8.46. The standard InChI is InChI=1S/C19H26N2OS/c1-12(22)10-23-11-13-6-16-15-4-3-5-17-19(15)14(8-20-17)7-18(16)21(2)9-13/h3-5,8,12-13,16,18,20,22H,6-7,9-11H2,1-2H3/t12?,13?,16?,18-/m1/s1. The molecule has 1 saturated heterocycles. The van der Waals surface area contributed by atoms with Gasteiger partial charge in [0.15, 0.2) is 0 Å². The zero-order chi connectivity index (χ0) is 16.0. The highest BCUT2D eigenvalue weighted by Gasteiger charge is 2.39. The second-order valence-electron chi connectivity index (χ2n) is 7.39. The Balaban J connectivity index is 1.58. The third-order valence-corrected chi connectivity index (χ3v) is 6.95. The van der Waals surface area contributed by atoms with Crippen LogP contribution in [0.3, 0.4) is 0 Å². The Kier molecular flexibility index (Phi) is 4.16. The van der Waals surface area contributed by atoms with Gasteiger partial charge in [-0.05, 0) is 55.7 Å². The monoisotopic (exact) mass is 330 g/mol. The summed E-state index contributed by atoms with van der Waals surface area (Å²) in [5.41, 5.74) is 4.34. The number of hydrogen-bond acceptors (Lipinski definition) is 3. The lowest BCUT2D eigenvalue weighted by Gasteiger charge is -2.45. The van der Waals surface area contributed by atoms with Crippen molar-refractivity contribution in [3.05, 3.63) is 35.5 Å². The van der Waals surface area contributed by atoms with Gasteiger partial charge in [0.05, 0.1) is 6.10 Å². The molecule has 2 N–H and O–H groups in total. The predicted octanol–water partition coefficient (Wildman–Crippen LogP) is 3.24. The van der Waals surface area contributed by atoms with Crippen LogP contribution in [0.1, 0.15) is 30.4 Å². The van der Waals surface area contributed by atoms with Gasteiger partial charge in [0.2, 0.25) is 0 Å². The number of piperidine rings is 1. The topological polar surface area (TPSA) is 39.3 Å². The summed E-state index contributed by atoms with van der Waals surface area (Å²) >= 11 is 1.91. The first-order valence-electron chi connectivity index (χ1n) is 8.68. The number of nitrogens with one attached hydrogen (secondary N) is 1. The van der Waals surface area contributed by atoms with Gasteiger partial charge < -0.3 is 15.0 Å². The minimum atomic E-state index is -0.195. The van der Waals surface area contributed by atoms with Crippen LogP contribution in [-0.2, 0) is 6.42 Å². The van der Waals surface area contributed by atoms with E-state index in [0.29, 0.717) is 12.0 Å². The van der Waals surface area contributed by atoms with Crippen molar-refractivity contribution in [2.24, 2.45) is 5.92 Å². The van der Waals surface area contributed by atoms with E-state index in [1.54, 1.807) is 5.56 Å². The third-order valence-electron chi connectivity index (χ3n) is 5.52. The Bertz CT molecular complexity index is 696. The van der Waals surface area contributed by atoms with Crippen molar-refractivity contribution < 1.29 is 5.11 Å². The Hall–Kier alpha value is -0.970. The van der Waals surface area contributed by atoms with Gasteiger partial charge in [0.1, 0.15) is 0 Å². The predicted molar refractivity (Wildman–Crippen MR) is 98.3 cm³/mol. The number of aliphatic hydroxyl groups excluding tert-OH is 1. The molecule has 2 aliphatic rings. The number of likely N-dealkylation sites (N-methyl/N-ethyl adjacent to an activating group) is 1. The average molecular weight is 330 g/mol. The number of nitrogens with zero attached hydrogens (tertiary/aromatic N) is 1. The minimum Gasteiger partial charge on any atom is -0.393 e. The summed E-state index contributed by atoms with van der Waals surface area (Å²) in [6.45, 7) is 3.06. The molecule has 0 amide bonds. The first-order valence-corrected chi connectivity index (χ1v) is 9.84. The Labute approximate surface area is 142 Å². The van der Waals surface area contributed by atoms with E-state index in [1.165, 1.54) is 35.9 Å². The second kappa shape index (κ2) is 6.15. The van der Waals surface area contributed by atoms with Crippen LogP contribution < -0.4 is 0 Å². The summed E-state index contributed by atoms with van der Waals surface area (Å²) in [7, 11) is 2.29.